The van der Waals surface area contributed by atoms with Gasteiger partial charge >= 0.3 is 6.18 Å². The molecule has 1 heterocycles. The molecule has 0 spiro atoms. The lowest BCUT2D eigenvalue weighted by Gasteiger charge is -2.08. The van der Waals surface area contributed by atoms with Crippen LogP contribution >= 0.6 is 11.3 Å². The van der Waals surface area contributed by atoms with E-state index in [9.17, 15) is 22.8 Å². The molecule has 168 valence electrons. The van der Waals surface area contributed by atoms with Gasteiger partial charge in [-0.2, -0.15) is 13.2 Å². The quantitative estimate of drug-likeness (QED) is 0.398. The molecule has 33 heavy (non-hydrogen) atoms. The van der Waals surface area contributed by atoms with E-state index in [0.29, 0.717) is 17.5 Å². The molecule has 0 unspecified atom stereocenters. The summed E-state index contributed by atoms with van der Waals surface area (Å²) < 4.78 is 40.1. The highest BCUT2D eigenvalue weighted by Crippen LogP contribution is 2.36. The van der Waals surface area contributed by atoms with Crippen LogP contribution in [0, 0.1) is 0 Å². The minimum absolute atomic E-state index is 0.248. The van der Waals surface area contributed by atoms with Gasteiger partial charge in [-0.15, -0.1) is 11.3 Å². The summed E-state index contributed by atoms with van der Waals surface area (Å²) in [5, 5.41) is 3.43. The van der Waals surface area contributed by atoms with E-state index in [4.69, 9.17) is 5.73 Å². The summed E-state index contributed by atoms with van der Waals surface area (Å²) in [4.78, 5) is 24.2. The van der Waals surface area contributed by atoms with E-state index in [2.05, 4.69) is 5.32 Å². The van der Waals surface area contributed by atoms with Crippen molar-refractivity contribution in [1.82, 2.24) is 5.32 Å². The summed E-state index contributed by atoms with van der Waals surface area (Å²) in [6.07, 6.45) is -3.99. The largest absolute Gasteiger partial charge is 0.416 e. The van der Waals surface area contributed by atoms with Crippen LogP contribution in [0.5, 0.6) is 0 Å². The molecule has 0 saturated heterocycles. The maximum absolute atomic E-state index is 13.0. The maximum Gasteiger partial charge on any atom is 0.416 e. The number of rotatable bonds is 6. The second-order valence-corrected chi connectivity index (χ2v) is 8.70. The Kier molecular flexibility index (Phi) is 6.20. The predicted octanol–water partition coefficient (Wildman–Crippen LogP) is 5.39. The molecule has 0 aliphatic heterocycles. The van der Waals surface area contributed by atoms with E-state index in [-0.39, 0.29) is 6.54 Å². The third-order valence-electron chi connectivity index (χ3n) is 5.10. The van der Waals surface area contributed by atoms with Gasteiger partial charge in [-0.1, -0.05) is 42.5 Å². The molecule has 0 fully saturated rings. The fraction of sp³-hybridized carbons (Fsp3) is 0.120. The van der Waals surface area contributed by atoms with Gasteiger partial charge in [-0.3, -0.25) is 9.59 Å². The summed E-state index contributed by atoms with van der Waals surface area (Å²) in [7, 11) is 0. The van der Waals surface area contributed by atoms with Gasteiger partial charge in [0.25, 0.3) is 5.91 Å². The lowest BCUT2D eigenvalue weighted by molar-refractivity contribution is -0.137. The Morgan fingerprint density at radius 3 is 2.45 bits per heavy atom. The van der Waals surface area contributed by atoms with Crippen molar-refractivity contribution < 1.29 is 22.8 Å². The number of nitrogens with one attached hydrogen (secondary N) is 1. The number of carbonyl (C=O) groups excluding carboxylic acids is 2. The third-order valence-corrected chi connectivity index (χ3v) is 6.20. The van der Waals surface area contributed by atoms with Gasteiger partial charge < -0.3 is 11.1 Å². The van der Waals surface area contributed by atoms with Crippen molar-refractivity contribution in [2.75, 3.05) is 6.54 Å². The van der Waals surface area contributed by atoms with Crippen molar-refractivity contribution in [3.05, 3.63) is 94.4 Å². The monoisotopic (exact) mass is 468 g/mol. The van der Waals surface area contributed by atoms with Gasteiger partial charge in [0, 0.05) is 26.9 Å². The van der Waals surface area contributed by atoms with Gasteiger partial charge in [-0.25, -0.2) is 0 Å². The van der Waals surface area contributed by atoms with E-state index in [1.54, 1.807) is 24.3 Å². The molecule has 4 nitrogen and oxygen atoms in total. The smallest absolute Gasteiger partial charge is 0.368 e. The average molecular weight is 469 g/mol. The summed E-state index contributed by atoms with van der Waals surface area (Å²) >= 11 is 1.52. The summed E-state index contributed by atoms with van der Waals surface area (Å²) in [6, 6.07) is 20.2. The second-order valence-electron chi connectivity index (χ2n) is 7.53. The minimum atomic E-state index is -4.38. The van der Waals surface area contributed by atoms with E-state index >= 15 is 0 Å². The molecule has 0 saturated carbocycles. The molecule has 4 rings (SSSR count). The van der Waals surface area contributed by atoms with E-state index < -0.39 is 23.6 Å². The Morgan fingerprint density at radius 2 is 1.70 bits per heavy atom. The lowest BCUT2D eigenvalue weighted by Crippen LogP contribution is -2.33. The molecule has 3 aromatic carbocycles. The third kappa shape index (κ3) is 5.23. The van der Waals surface area contributed by atoms with Crippen LogP contribution < -0.4 is 11.1 Å². The number of primary amides is 1. The van der Waals surface area contributed by atoms with Crippen LogP contribution in [-0.2, 0) is 17.4 Å². The normalized spacial score (nSPS) is 11.5. The standard InChI is InChI=1S/C25H19F3N2O2S/c26-25(27,28)18-7-1-4-15(10-18)11-19-13-21-20(8-3-9-22(21)33-19)16-5-2-6-17(12-16)24(32)30-14-23(29)31/h1-10,12-13H,11,14H2,(H2,29,31)(H,30,32). The molecule has 1 aromatic heterocycles. The van der Waals surface area contributed by atoms with Gasteiger partial charge in [0.2, 0.25) is 5.91 Å². The summed E-state index contributed by atoms with van der Waals surface area (Å²) in [6.45, 7) is -0.248. The maximum atomic E-state index is 13.0. The fourth-order valence-electron chi connectivity index (χ4n) is 3.61. The van der Waals surface area contributed by atoms with Crippen molar-refractivity contribution in [2.24, 2.45) is 5.73 Å². The highest BCUT2D eigenvalue weighted by molar-refractivity contribution is 7.19. The molecule has 4 aromatic rings. The lowest BCUT2D eigenvalue weighted by atomic mass is 9.99. The zero-order valence-electron chi connectivity index (χ0n) is 17.3. The molecule has 2 amide bonds. The highest BCUT2D eigenvalue weighted by atomic mass is 32.1. The van der Waals surface area contributed by atoms with Gasteiger partial charge in [0.15, 0.2) is 0 Å². The van der Waals surface area contributed by atoms with E-state index in [1.807, 2.05) is 30.3 Å². The number of amides is 2. The van der Waals surface area contributed by atoms with Crippen LogP contribution in [0.4, 0.5) is 13.2 Å². The number of hydrogen-bond donors (Lipinski definition) is 2. The minimum Gasteiger partial charge on any atom is -0.368 e. The molecule has 0 atom stereocenters. The second kappa shape index (κ2) is 9.07. The molecule has 0 radical (unpaired) electrons. The van der Waals surface area contributed by atoms with Crippen LogP contribution in [0.3, 0.4) is 0 Å². The first-order chi connectivity index (χ1) is 15.7. The van der Waals surface area contributed by atoms with Gasteiger partial charge in [0.1, 0.15) is 0 Å². The fourth-order valence-corrected chi connectivity index (χ4v) is 4.73. The first-order valence-corrected chi connectivity index (χ1v) is 10.9. The van der Waals surface area contributed by atoms with Crippen LogP contribution in [0.2, 0.25) is 0 Å². The van der Waals surface area contributed by atoms with Crippen LogP contribution in [0.15, 0.2) is 72.8 Å². The number of halogens is 3. The Labute approximate surface area is 191 Å². The van der Waals surface area contributed by atoms with Gasteiger partial charge in [-0.05, 0) is 47.0 Å². The Morgan fingerprint density at radius 1 is 0.939 bits per heavy atom. The topological polar surface area (TPSA) is 72.2 Å². The average Bonchev–Trinajstić information content (AvgIpc) is 3.19. The first kappa shape index (κ1) is 22.5. The number of nitrogens with two attached hydrogens (primary N) is 1. The molecule has 3 N–H and O–H groups in total. The number of fused-ring (bicyclic) bond motifs is 1. The van der Waals surface area contributed by atoms with Gasteiger partial charge in [0.05, 0.1) is 12.1 Å². The SMILES string of the molecule is NC(=O)CNC(=O)c1cccc(-c2cccc3sc(Cc4cccc(C(F)(F)F)c4)cc23)c1. The van der Waals surface area contributed by atoms with Crippen molar-refractivity contribution in [3.8, 4) is 11.1 Å². The van der Waals surface area contributed by atoms with E-state index in [0.717, 1.165) is 32.2 Å². The molecular formula is C25H19F3N2O2S. The zero-order chi connectivity index (χ0) is 23.6. The predicted molar refractivity (Wildman–Crippen MR) is 123 cm³/mol. The number of carbonyl (C=O) groups is 2. The molecule has 0 aliphatic rings. The van der Waals surface area contributed by atoms with Crippen molar-refractivity contribution in [3.63, 3.8) is 0 Å². The molecule has 0 bridgehead atoms. The first-order valence-electron chi connectivity index (χ1n) is 10.1. The van der Waals surface area contributed by atoms with Crippen molar-refractivity contribution in [1.29, 1.82) is 0 Å². The number of thiophene rings is 1. The highest BCUT2D eigenvalue weighted by Gasteiger charge is 2.30. The summed E-state index contributed by atoms with van der Waals surface area (Å²) in [5.41, 5.74) is 7.13. The van der Waals surface area contributed by atoms with Crippen LogP contribution in [-0.4, -0.2) is 18.4 Å². The van der Waals surface area contributed by atoms with Crippen molar-refractivity contribution >= 4 is 33.2 Å². The van der Waals surface area contributed by atoms with Crippen LogP contribution in [0.25, 0.3) is 21.2 Å². The Balaban J connectivity index is 1.64. The zero-order valence-corrected chi connectivity index (χ0v) is 18.1. The molecule has 0 aliphatic carbocycles. The molecule has 8 heteroatoms. The number of benzene rings is 3. The number of alkyl halides is 3. The Hall–Kier alpha value is -3.65. The van der Waals surface area contributed by atoms with Crippen molar-refractivity contribution in [2.45, 2.75) is 12.6 Å². The molecular weight excluding hydrogens is 449 g/mol. The Bertz CT molecular complexity index is 1340. The van der Waals surface area contributed by atoms with E-state index in [1.165, 1.54) is 23.5 Å². The number of hydrogen-bond acceptors (Lipinski definition) is 3. The van der Waals surface area contributed by atoms with Crippen LogP contribution in [0.1, 0.15) is 26.4 Å². The summed E-state index contributed by atoms with van der Waals surface area (Å²) in [5.74, 6) is -1.03.